The van der Waals surface area contributed by atoms with E-state index in [1.165, 1.54) is 18.2 Å². The van der Waals surface area contributed by atoms with E-state index in [2.05, 4.69) is 10.4 Å². The number of nitro groups is 1. The molecule has 8 heteroatoms. The molecule has 144 valence electrons. The van der Waals surface area contributed by atoms with Crippen LogP contribution in [0, 0.1) is 24.0 Å². The van der Waals surface area contributed by atoms with Crippen LogP contribution < -0.4 is 5.32 Å². The van der Waals surface area contributed by atoms with Crippen LogP contribution in [0.15, 0.2) is 48.5 Å². The highest BCUT2D eigenvalue weighted by Crippen LogP contribution is 2.27. The minimum absolute atomic E-state index is 0.0331. The largest absolute Gasteiger partial charge is 0.326 e. The fourth-order valence-corrected chi connectivity index (χ4v) is 3.09. The van der Waals surface area contributed by atoms with Gasteiger partial charge in [0.15, 0.2) is 0 Å². The molecule has 0 aliphatic carbocycles. The van der Waals surface area contributed by atoms with Gasteiger partial charge in [-0.3, -0.25) is 14.9 Å². The second-order valence-electron chi connectivity index (χ2n) is 6.48. The zero-order chi connectivity index (χ0) is 20.3. The molecule has 0 aliphatic rings. The number of amides is 1. The van der Waals surface area contributed by atoms with Crippen molar-refractivity contribution in [2.75, 3.05) is 5.32 Å². The predicted octanol–water partition coefficient (Wildman–Crippen LogP) is 4.62. The van der Waals surface area contributed by atoms with E-state index in [-0.39, 0.29) is 23.0 Å². The van der Waals surface area contributed by atoms with Crippen molar-refractivity contribution in [3.8, 4) is 5.69 Å². The molecule has 0 radical (unpaired) electrons. The van der Waals surface area contributed by atoms with Crippen LogP contribution in [0.2, 0.25) is 5.02 Å². The number of carbonyl (C=O) groups excluding carboxylic acids is 1. The third-order valence-corrected chi connectivity index (χ3v) is 4.58. The summed E-state index contributed by atoms with van der Waals surface area (Å²) in [4.78, 5) is 22.5. The van der Waals surface area contributed by atoms with Crippen molar-refractivity contribution < 1.29 is 9.72 Å². The van der Waals surface area contributed by atoms with Crippen LogP contribution in [0.5, 0.6) is 0 Å². The number of rotatable bonds is 6. The SMILES string of the molecule is Cc1cc(C)n(-c2ccc(CCC(=O)Nc3ccc(Cl)c([N+](=O)[O-])c3)cc2)n1. The van der Waals surface area contributed by atoms with E-state index in [1.807, 2.05) is 48.9 Å². The molecule has 0 aliphatic heterocycles. The van der Waals surface area contributed by atoms with Gasteiger partial charge in [-0.2, -0.15) is 5.10 Å². The monoisotopic (exact) mass is 398 g/mol. The Bertz CT molecular complexity index is 1030. The number of nitrogens with one attached hydrogen (secondary N) is 1. The quantitative estimate of drug-likeness (QED) is 0.484. The third kappa shape index (κ3) is 4.55. The van der Waals surface area contributed by atoms with Crippen molar-refractivity contribution in [2.45, 2.75) is 26.7 Å². The van der Waals surface area contributed by atoms with Gasteiger partial charge in [0.2, 0.25) is 5.91 Å². The minimum atomic E-state index is -0.581. The molecule has 1 N–H and O–H groups in total. The second kappa shape index (κ2) is 8.22. The van der Waals surface area contributed by atoms with Crippen LogP contribution in [0.25, 0.3) is 5.69 Å². The highest BCUT2D eigenvalue weighted by molar-refractivity contribution is 6.32. The summed E-state index contributed by atoms with van der Waals surface area (Å²) < 4.78 is 1.87. The number of benzene rings is 2. The van der Waals surface area contributed by atoms with Gasteiger partial charge in [-0.15, -0.1) is 0 Å². The van der Waals surface area contributed by atoms with E-state index in [9.17, 15) is 14.9 Å². The minimum Gasteiger partial charge on any atom is -0.326 e. The Hall–Kier alpha value is -3.19. The van der Waals surface area contributed by atoms with Gasteiger partial charge >= 0.3 is 0 Å². The number of carbonyl (C=O) groups is 1. The fraction of sp³-hybridized carbons (Fsp3) is 0.200. The van der Waals surface area contributed by atoms with Crippen molar-refractivity contribution in [1.82, 2.24) is 9.78 Å². The van der Waals surface area contributed by atoms with Crippen LogP contribution in [-0.4, -0.2) is 20.6 Å². The standard InChI is InChI=1S/C20H19ClN4O3/c1-13-11-14(2)24(23-13)17-7-3-15(4-8-17)5-10-20(26)22-16-6-9-18(21)19(12-16)25(27)28/h3-4,6-9,11-12H,5,10H2,1-2H3,(H,22,26). The molecule has 0 fully saturated rings. The molecule has 0 saturated heterocycles. The van der Waals surface area contributed by atoms with Crippen molar-refractivity contribution in [2.24, 2.45) is 0 Å². The van der Waals surface area contributed by atoms with Gasteiger partial charge in [0.05, 0.1) is 16.3 Å². The molecule has 0 bridgehead atoms. The van der Waals surface area contributed by atoms with Gasteiger partial charge in [0, 0.05) is 23.9 Å². The lowest BCUT2D eigenvalue weighted by Crippen LogP contribution is -2.12. The van der Waals surface area contributed by atoms with Gasteiger partial charge in [-0.05, 0) is 56.2 Å². The molecule has 1 heterocycles. The molecular weight excluding hydrogens is 380 g/mol. The maximum Gasteiger partial charge on any atom is 0.289 e. The molecule has 3 aromatic rings. The van der Waals surface area contributed by atoms with E-state index >= 15 is 0 Å². The maximum atomic E-state index is 12.2. The number of hydrogen-bond donors (Lipinski definition) is 1. The third-order valence-electron chi connectivity index (χ3n) is 4.26. The van der Waals surface area contributed by atoms with Crippen molar-refractivity contribution in [3.05, 3.63) is 80.6 Å². The normalized spacial score (nSPS) is 10.7. The van der Waals surface area contributed by atoms with Crippen molar-refractivity contribution in [3.63, 3.8) is 0 Å². The Morgan fingerprint density at radius 1 is 1.18 bits per heavy atom. The summed E-state index contributed by atoms with van der Waals surface area (Å²) in [5.74, 6) is -0.223. The van der Waals surface area contributed by atoms with E-state index in [4.69, 9.17) is 11.6 Å². The Labute approximate surface area is 167 Å². The lowest BCUT2D eigenvalue weighted by molar-refractivity contribution is -0.384. The lowest BCUT2D eigenvalue weighted by atomic mass is 10.1. The first kappa shape index (κ1) is 19.6. The van der Waals surface area contributed by atoms with Crippen LogP contribution in [0.4, 0.5) is 11.4 Å². The number of nitrogens with zero attached hydrogens (tertiary/aromatic N) is 3. The number of nitro benzene ring substituents is 1. The van der Waals surface area contributed by atoms with Gasteiger partial charge in [-0.1, -0.05) is 23.7 Å². The summed E-state index contributed by atoms with van der Waals surface area (Å²) in [7, 11) is 0. The summed E-state index contributed by atoms with van der Waals surface area (Å²) in [5.41, 5.74) is 4.11. The Balaban J connectivity index is 1.60. The van der Waals surface area contributed by atoms with Gasteiger partial charge in [-0.25, -0.2) is 4.68 Å². The number of aromatic nitrogens is 2. The average molecular weight is 399 g/mol. The highest BCUT2D eigenvalue weighted by atomic mass is 35.5. The first-order chi connectivity index (χ1) is 13.3. The van der Waals surface area contributed by atoms with Crippen LogP contribution in [0.3, 0.4) is 0 Å². The van der Waals surface area contributed by atoms with Crippen molar-refractivity contribution >= 4 is 28.9 Å². The number of halogens is 1. The van der Waals surface area contributed by atoms with Gasteiger partial charge in [0.1, 0.15) is 5.02 Å². The first-order valence-electron chi connectivity index (χ1n) is 8.70. The smallest absolute Gasteiger partial charge is 0.289 e. The summed E-state index contributed by atoms with van der Waals surface area (Å²) in [5, 5.41) is 18.1. The first-order valence-corrected chi connectivity index (χ1v) is 9.07. The van der Waals surface area contributed by atoms with E-state index < -0.39 is 4.92 Å². The van der Waals surface area contributed by atoms with Crippen LogP contribution >= 0.6 is 11.6 Å². The molecule has 1 aromatic heterocycles. The summed E-state index contributed by atoms with van der Waals surface area (Å²) >= 11 is 5.78. The molecule has 0 saturated carbocycles. The average Bonchev–Trinajstić information content (AvgIpc) is 3.00. The lowest BCUT2D eigenvalue weighted by Gasteiger charge is -2.08. The Morgan fingerprint density at radius 2 is 1.89 bits per heavy atom. The zero-order valence-electron chi connectivity index (χ0n) is 15.5. The molecule has 0 unspecified atom stereocenters. The second-order valence-corrected chi connectivity index (χ2v) is 6.88. The zero-order valence-corrected chi connectivity index (χ0v) is 16.2. The number of aryl methyl sites for hydroxylation is 3. The van der Waals surface area contributed by atoms with E-state index in [0.29, 0.717) is 12.1 Å². The van der Waals surface area contributed by atoms with E-state index in [0.717, 1.165) is 22.6 Å². The molecule has 7 nitrogen and oxygen atoms in total. The summed E-state index contributed by atoms with van der Waals surface area (Å²) in [6, 6.07) is 14.1. The predicted molar refractivity (Wildman–Crippen MR) is 108 cm³/mol. The number of anilines is 1. The topological polar surface area (TPSA) is 90.1 Å². The molecule has 28 heavy (non-hydrogen) atoms. The van der Waals surface area contributed by atoms with E-state index in [1.54, 1.807) is 0 Å². The maximum absolute atomic E-state index is 12.2. The van der Waals surface area contributed by atoms with Crippen LogP contribution in [-0.2, 0) is 11.2 Å². The summed E-state index contributed by atoms with van der Waals surface area (Å²) in [6.45, 7) is 3.95. The molecule has 0 atom stereocenters. The Kier molecular flexibility index (Phi) is 5.75. The van der Waals surface area contributed by atoms with Crippen molar-refractivity contribution in [1.29, 1.82) is 0 Å². The highest BCUT2D eigenvalue weighted by Gasteiger charge is 2.14. The molecule has 0 spiro atoms. The molecule has 3 rings (SSSR count). The summed E-state index contributed by atoms with van der Waals surface area (Å²) in [6.07, 6.45) is 0.814. The van der Waals surface area contributed by atoms with Crippen LogP contribution in [0.1, 0.15) is 23.4 Å². The molecule has 2 aromatic carbocycles. The van der Waals surface area contributed by atoms with Gasteiger partial charge < -0.3 is 5.32 Å². The Morgan fingerprint density at radius 3 is 2.50 bits per heavy atom. The number of hydrogen-bond acceptors (Lipinski definition) is 4. The molecule has 1 amide bonds. The fourth-order valence-electron chi connectivity index (χ4n) is 2.91. The molecular formula is C20H19ClN4O3. The van der Waals surface area contributed by atoms with Gasteiger partial charge in [0.25, 0.3) is 5.69 Å².